The number of hydrogen-bond donors (Lipinski definition) is 4. The summed E-state index contributed by atoms with van der Waals surface area (Å²) < 4.78 is 3.27. The van der Waals surface area contributed by atoms with E-state index in [-0.39, 0.29) is 18.2 Å². The van der Waals surface area contributed by atoms with Crippen LogP contribution in [0, 0.1) is 5.92 Å². The number of hydrogen-bond acceptors (Lipinski definition) is 7. The fraction of sp³-hybridized carbons (Fsp3) is 0.500. The Kier molecular flexibility index (Phi) is 13.5. The van der Waals surface area contributed by atoms with Crippen LogP contribution >= 0.6 is 34.8 Å². The van der Waals surface area contributed by atoms with Gasteiger partial charge in [-0.25, -0.2) is 5.43 Å². The van der Waals surface area contributed by atoms with Crippen molar-refractivity contribution in [3.8, 4) is 11.1 Å². The van der Waals surface area contributed by atoms with Gasteiger partial charge < -0.3 is 20.5 Å². The second-order valence-electron chi connectivity index (χ2n) is 11.6. The number of esters is 1. The summed E-state index contributed by atoms with van der Waals surface area (Å²) in [5, 5.41) is 16.6. The van der Waals surface area contributed by atoms with Crippen LogP contribution in [0.3, 0.4) is 0 Å². The highest BCUT2D eigenvalue weighted by Gasteiger charge is 2.34. The Hall–Kier alpha value is -2.89. The first kappa shape index (κ1) is 36.6. The molecule has 0 saturated carbocycles. The Morgan fingerprint density at radius 1 is 1.02 bits per heavy atom. The van der Waals surface area contributed by atoms with E-state index in [0.29, 0.717) is 25.8 Å². The summed E-state index contributed by atoms with van der Waals surface area (Å²) in [6.45, 7) is 6.78. The lowest BCUT2D eigenvalue weighted by Gasteiger charge is -2.34. The van der Waals surface area contributed by atoms with E-state index in [1.165, 1.54) is 11.9 Å². The number of carbonyl (C=O) groups excluding carboxylic acids is 4. The quantitative estimate of drug-likeness (QED) is 0.192. The topological polar surface area (TPSA) is 137 Å². The Morgan fingerprint density at radius 3 is 2.33 bits per heavy atom. The van der Waals surface area contributed by atoms with E-state index in [1.807, 2.05) is 62.4 Å². The van der Waals surface area contributed by atoms with E-state index in [1.54, 1.807) is 6.92 Å². The number of aryl methyl sites for hydroxylation is 1. The lowest BCUT2D eigenvalue weighted by molar-refractivity contribution is -0.152. The van der Waals surface area contributed by atoms with Gasteiger partial charge in [-0.1, -0.05) is 91.1 Å². The van der Waals surface area contributed by atoms with Gasteiger partial charge in [0.1, 0.15) is 24.7 Å². The molecule has 246 valence electrons. The van der Waals surface area contributed by atoms with E-state index in [4.69, 9.17) is 39.5 Å². The van der Waals surface area contributed by atoms with Crippen LogP contribution < -0.4 is 16.1 Å². The fourth-order valence-corrected chi connectivity index (χ4v) is 5.01. The van der Waals surface area contributed by atoms with Crippen molar-refractivity contribution in [1.82, 2.24) is 21.1 Å². The molecule has 10 nitrogen and oxygen atoms in total. The molecule has 0 radical (unpaired) electrons. The molecule has 1 saturated heterocycles. The molecule has 1 aliphatic rings. The number of benzene rings is 2. The van der Waals surface area contributed by atoms with Crippen molar-refractivity contribution in [1.29, 1.82) is 0 Å². The summed E-state index contributed by atoms with van der Waals surface area (Å²) in [5.74, 6) is -2.11. The highest BCUT2D eigenvalue weighted by Crippen LogP contribution is 2.26. The molecular weight excluding hydrogens is 643 g/mol. The molecule has 2 aromatic rings. The van der Waals surface area contributed by atoms with Crippen molar-refractivity contribution in [2.24, 2.45) is 5.92 Å². The first-order valence-electron chi connectivity index (χ1n) is 14.9. The number of hydrazine groups is 1. The number of carbonyl (C=O) groups is 4. The monoisotopic (exact) mass is 682 g/mol. The molecule has 4 unspecified atom stereocenters. The van der Waals surface area contributed by atoms with Crippen LogP contribution in [0.4, 0.5) is 0 Å². The van der Waals surface area contributed by atoms with E-state index < -0.39 is 52.4 Å². The fourth-order valence-electron chi connectivity index (χ4n) is 4.85. The average Bonchev–Trinajstić information content (AvgIpc) is 3.00. The molecule has 45 heavy (non-hydrogen) atoms. The molecule has 13 heteroatoms. The second kappa shape index (κ2) is 16.6. The van der Waals surface area contributed by atoms with Crippen molar-refractivity contribution in [2.45, 2.75) is 81.4 Å². The largest absolute Gasteiger partial charge is 0.460 e. The van der Waals surface area contributed by atoms with Gasteiger partial charge in [-0.3, -0.25) is 24.2 Å². The van der Waals surface area contributed by atoms with Gasteiger partial charge in [0.05, 0.1) is 6.10 Å². The molecule has 1 fully saturated rings. The third kappa shape index (κ3) is 11.4. The number of halogens is 3. The highest BCUT2D eigenvalue weighted by molar-refractivity contribution is 6.67. The Bertz CT molecular complexity index is 1330. The van der Waals surface area contributed by atoms with Gasteiger partial charge in [-0.2, -0.15) is 0 Å². The van der Waals surface area contributed by atoms with Crippen LogP contribution in [-0.2, 0) is 30.3 Å². The van der Waals surface area contributed by atoms with Crippen molar-refractivity contribution >= 4 is 58.5 Å². The SMILES string of the molecule is CC(NC(=O)C(NC(=O)CCc1ccc(-c2cccc(C(C)O)c2)cc1)C(C)C)C(=O)N1CCCC(C(=O)OCC(Cl)(Cl)Cl)N1. The summed E-state index contributed by atoms with van der Waals surface area (Å²) in [6, 6.07) is 13.0. The van der Waals surface area contributed by atoms with E-state index in [9.17, 15) is 24.3 Å². The molecule has 4 atom stereocenters. The minimum Gasteiger partial charge on any atom is -0.460 e. The summed E-state index contributed by atoms with van der Waals surface area (Å²) >= 11 is 16.9. The van der Waals surface area contributed by atoms with Gasteiger partial charge in [0.25, 0.3) is 5.91 Å². The maximum atomic E-state index is 13.1. The van der Waals surface area contributed by atoms with Gasteiger partial charge >= 0.3 is 5.97 Å². The zero-order valence-electron chi connectivity index (χ0n) is 25.8. The molecule has 4 N–H and O–H groups in total. The van der Waals surface area contributed by atoms with Crippen LogP contribution in [0.2, 0.25) is 0 Å². The normalized spacial score (nSPS) is 17.3. The molecule has 3 amide bonds. The number of rotatable bonds is 12. The van der Waals surface area contributed by atoms with Gasteiger partial charge in [0.15, 0.2) is 0 Å². The molecular formula is C32H41Cl3N4O6. The molecule has 0 bridgehead atoms. The zero-order chi connectivity index (χ0) is 33.3. The lowest BCUT2D eigenvalue weighted by atomic mass is 9.99. The van der Waals surface area contributed by atoms with Gasteiger partial charge in [-0.05, 0) is 67.3 Å². The van der Waals surface area contributed by atoms with E-state index >= 15 is 0 Å². The van der Waals surface area contributed by atoms with Gasteiger partial charge in [0, 0.05) is 13.0 Å². The molecule has 1 heterocycles. The lowest BCUT2D eigenvalue weighted by Crippen LogP contribution is -2.61. The average molecular weight is 684 g/mol. The zero-order valence-corrected chi connectivity index (χ0v) is 28.1. The number of nitrogens with one attached hydrogen (secondary N) is 3. The maximum Gasteiger partial charge on any atom is 0.325 e. The van der Waals surface area contributed by atoms with Crippen molar-refractivity contribution < 1.29 is 29.0 Å². The summed E-state index contributed by atoms with van der Waals surface area (Å²) in [5.41, 5.74) is 6.63. The van der Waals surface area contributed by atoms with Crippen LogP contribution in [-0.4, -0.2) is 68.9 Å². The number of ether oxygens (including phenoxy) is 1. The van der Waals surface area contributed by atoms with Gasteiger partial charge in [-0.15, -0.1) is 0 Å². The van der Waals surface area contributed by atoms with Crippen molar-refractivity contribution in [2.75, 3.05) is 13.2 Å². The molecule has 0 spiro atoms. The van der Waals surface area contributed by atoms with E-state index in [2.05, 4.69) is 16.1 Å². The molecule has 0 aromatic heterocycles. The Labute approximate surface area is 279 Å². The Morgan fingerprint density at radius 2 is 1.71 bits per heavy atom. The summed E-state index contributed by atoms with van der Waals surface area (Å²) in [7, 11) is 0. The molecule has 3 rings (SSSR count). The predicted octanol–water partition coefficient (Wildman–Crippen LogP) is 4.39. The van der Waals surface area contributed by atoms with Crippen LogP contribution in [0.15, 0.2) is 48.5 Å². The Balaban J connectivity index is 1.50. The van der Waals surface area contributed by atoms with Gasteiger partial charge in [0.2, 0.25) is 15.6 Å². The van der Waals surface area contributed by atoms with Crippen molar-refractivity contribution in [3.05, 3.63) is 59.7 Å². The standard InChI is InChI=1S/C32H41Cl3N4O6/c1-19(2)28(29(42)36-20(3)30(43)39-16-6-9-26(38-39)31(44)45-18-32(33,34)35)37-27(41)15-12-22-10-13-23(14-11-22)25-8-5-7-24(17-25)21(4)40/h5,7-8,10-11,13-14,17,19-21,26,28,38,40H,6,9,12,15-16,18H2,1-4H3,(H,36,42)(H,37,41). The maximum absolute atomic E-state index is 13.1. The first-order chi connectivity index (χ1) is 21.1. The molecule has 1 aliphatic heterocycles. The second-order valence-corrected chi connectivity index (χ2v) is 14.1. The van der Waals surface area contributed by atoms with Crippen molar-refractivity contribution in [3.63, 3.8) is 0 Å². The third-order valence-electron chi connectivity index (χ3n) is 7.41. The van der Waals surface area contributed by atoms with Crippen LogP contribution in [0.25, 0.3) is 11.1 Å². The third-order valence-corrected chi connectivity index (χ3v) is 7.73. The summed E-state index contributed by atoms with van der Waals surface area (Å²) in [6.07, 6.45) is 1.05. The first-order valence-corrected chi connectivity index (χ1v) is 16.1. The van der Waals surface area contributed by atoms with Crippen LogP contribution in [0.1, 0.15) is 64.2 Å². The minimum atomic E-state index is -1.75. The number of nitrogens with zero attached hydrogens (tertiary/aromatic N) is 1. The number of aliphatic hydroxyl groups is 1. The molecule has 2 aromatic carbocycles. The summed E-state index contributed by atoms with van der Waals surface area (Å²) in [4.78, 5) is 51.4. The number of alkyl halides is 3. The number of amides is 3. The highest BCUT2D eigenvalue weighted by atomic mass is 35.6. The molecule has 0 aliphatic carbocycles. The predicted molar refractivity (Wildman–Crippen MR) is 174 cm³/mol. The minimum absolute atomic E-state index is 0.176. The number of aliphatic hydroxyl groups excluding tert-OH is 1. The van der Waals surface area contributed by atoms with E-state index in [0.717, 1.165) is 22.3 Å². The smallest absolute Gasteiger partial charge is 0.325 e. The van der Waals surface area contributed by atoms with Crippen LogP contribution in [0.5, 0.6) is 0 Å².